The Balaban J connectivity index is 2.00. The molecule has 0 aliphatic heterocycles. The molecular weight excluding hydrogens is 226 g/mol. The van der Waals surface area contributed by atoms with Gasteiger partial charge in [-0.1, -0.05) is 17.3 Å². The average molecular weight is 243 g/mol. The molecule has 4 nitrogen and oxygen atoms in total. The first-order chi connectivity index (χ1) is 8.88. The number of aliphatic hydroxyl groups excluding tert-OH is 1. The van der Waals surface area contributed by atoms with Crippen molar-refractivity contribution in [2.75, 3.05) is 6.61 Å². The van der Waals surface area contributed by atoms with Gasteiger partial charge in [-0.15, -0.1) is 5.10 Å². The van der Waals surface area contributed by atoms with Crippen LogP contribution in [-0.4, -0.2) is 26.7 Å². The van der Waals surface area contributed by atoms with E-state index in [9.17, 15) is 0 Å². The maximum Gasteiger partial charge on any atom is 0.0854 e. The van der Waals surface area contributed by atoms with Gasteiger partial charge in [0.1, 0.15) is 0 Å². The van der Waals surface area contributed by atoms with Gasteiger partial charge in [-0.05, 0) is 42.9 Å². The molecule has 0 saturated heterocycles. The van der Waals surface area contributed by atoms with E-state index in [1.807, 2.05) is 10.9 Å². The van der Waals surface area contributed by atoms with Crippen LogP contribution in [0, 0.1) is 0 Å². The van der Waals surface area contributed by atoms with Gasteiger partial charge in [0, 0.05) is 13.0 Å². The second kappa shape index (κ2) is 4.90. The van der Waals surface area contributed by atoms with Gasteiger partial charge in [0.05, 0.1) is 17.6 Å². The summed E-state index contributed by atoms with van der Waals surface area (Å²) in [5, 5.41) is 17.2. The van der Waals surface area contributed by atoms with Gasteiger partial charge in [-0.2, -0.15) is 0 Å². The van der Waals surface area contributed by atoms with Gasteiger partial charge in [-0.3, -0.25) is 0 Å². The van der Waals surface area contributed by atoms with Crippen LogP contribution in [0.5, 0.6) is 0 Å². The number of benzene rings is 1. The van der Waals surface area contributed by atoms with Crippen LogP contribution < -0.4 is 0 Å². The van der Waals surface area contributed by atoms with Crippen molar-refractivity contribution in [1.82, 2.24) is 15.0 Å². The summed E-state index contributed by atoms with van der Waals surface area (Å²) >= 11 is 0. The van der Waals surface area contributed by atoms with E-state index in [4.69, 9.17) is 5.11 Å². The van der Waals surface area contributed by atoms with E-state index in [2.05, 4.69) is 28.5 Å². The Hall–Kier alpha value is -1.68. The molecule has 0 radical (unpaired) electrons. The SMILES string of the molecule is OCCc1cn(-c2cccc3c2CCCC3)nn1. The highest BCUT2D eigenvalue weighted by Crippen LogP contribution is 2.26. The first kappa shape index (κ1) is 11.4. The fourth-order valence-corrected chi connectivity index (χ4v) is 2.62. The van der Waals surface area contributed by atoms with Gasteiger partial charge in [-0.25, -0.2) is 4.68 Å². The highest BCUT2D eigenvalue weighted by atomic mass is 16.3. The summed E-state index contributed by atoms with van der Waals surface area (Å²) in [6.07, 6.45) is 7.31. The van der Waals surface area contributed by atoms with Crippen molar-refractivity contribution in [1.29, 1.82) is 0 Å². The lowest BCUT2D eigenvalue weighted by atomic mass is 9.90. The quantitative estimate of drug-likeness (QED) is 0.892. The van der Waals surface area contributed by atoms with E-state index >= 15 is 0 Å². The van der Waals surface area contributed by atoms with Crippen LogP contribution in [0.1, 0.15) is 29.7 Å². The lowest BCUT2D eigenvalue weighted by Gasteiger charge is -2.18. The standard InChI is InChI=1S/C14H17N3O/c18-9-8-12-10-17(16-15-12)14-7-3-5-11-4-1-2-6-13(11)14/h3,5,7,10,18H,1-2,4,6,8-9H2. The van der Waals surface area contributed by atoms with Crippen molar-refractivity contribution in [3.63, 3.8) is 0 Å². The largest absolute Gasteiger partial charge is 0.396 e. The molecule has 18 heavy (non-hydrogen) atoms. The molecular formula is C14H17N3O. The summed E-state index contributed by atoms with van der Waals surface area (Å²) in [5.41, 5.74) is 4.83. The molecule has 2 aromatic rings. The van der Waals surface area contributed by atoms with Crippen LogP contribution in [0.25, 0.3) is 5.69 Å². The fourth-order valence-electron chi connectivity index (χ4n) is 2.62. The number of aromatic nitrogens is 3. The number of rotatable bonds is 3. The third-order valence-corrected chi connectivity index (χ3v) is 3.53. The zero-order valence-electron chi connectivity index (χ0n) is 10.3. The van der Waals surface area contributed by atoms with Crippen LogP contribution in [0.15, 0.2) is 24.4 Å². The average Bonchev–Trinajstić information content (AvgIpc) is 2.87. The maximum atomic E-state index is 8.91. The Labute approximate surface area is 106 Å². The van der Waals surface area contributed by atoms with Gasteiger partial charge >= 0.3 is 0 Å². The number of hydrogen-bond donors (Lipinski definition) is 1. The van der Waals surface area contributed by atoms with Crippen molar-refractivity contribution < 1.29 is 5.11 Å². The molecule has 1 heterocycles. The van der Waals surface area contributed by atoms with Crippen molar-refractivity contribution in [2.45, 2.75) is 32.1 Å². The topological polar surface area (TPSA) is 50.9 Å². The van der Waals surface area contributed by atoms with Gasteiger partial charge < -0.3 is 5.11 Å². The van der Waals surface area contributed by atoms with E-state index in [-0.39, 0.29) is 6.61 Å². The molecule has 0 bridgehead atoms. The molecule has 94 valence electrons. The van der Waals surface area contributed by atoms with Crippen LogP contribution in [0.3, 0.4) is 0 Å². The predicted molar refractivity (Wildman–Crippen MR) is 68.8 cm³/mol. The summed E-state index contributed by atoms with van der Waals surface area (Å²) in [6, 6.07) is 6.40. The zero-order chi connectivity index (χ0) is 12.4. The van der Waals surface area contributed by atoms with E-state index in [1.54, 1.807) is 0 Å². The summed E-state index contributed by atoms with van der Waals surface area (Å²) in [5.74, 6) is 0. The van der Waals surface area contributed by atoms with Crippen LogP contribution in [-0.2, 0) is 19.3 Å². The molecule has 1 N–H and O–H groups in total. The molecule has 0 unspecified atom stereocenters. The highest BCUT2D eigenvalue weighted by molar-refractivity contribution is 5.46. The lowest BCUT2D eigenvalue weighted by molar-refractivity contribution is 0.298. The molecule has 0 amide bonds. The summed E-state index contributed by atoms with van der Waals surface area (Å²) in [7, 11) is 0. The molecule has 0 atom stereocenters. The third kappa shape index (κ3) is 2.04. The second-order valence-corrected chi connectivity index (χ2v) is 4.75. The lowest BCUT2D eigenvalue weighted by Crippen LogP contribution is -2.08. The van der Waals surface area contributed by atoms with E-state index in [1.165, 1.54) is 30.4 Å². The highest BCUT2D eigenvalue weighted by Gasteiger charge is 2.14. The molecule has 0 spiro atoms. The molecule has 1 aromatic carbocycles. The number of nitrogens with zero attached hydrogens (tertiary/aromatic N) is 3. The second-order valence-electron chi connectivity index (χ2n) is 4.75. The molecule has 1 aromatic heterocycles. The number of hydrogen-bond acceptors (Lipinski definition) is 3. The van der Waals surface area contributed by atoms with E-state index < -0.39 is 0 Å². The van der Waals surface area contributed by atoms with Crippen LogP contribution >= 0.6 is 0 Å². The summed E-state index contributed by atoms with van der Waals surface area (Å²) in [4.78, 5) is 0. The Morgan fingerprint density at radius 2 is 2.11 bits per heavy atom. The van der Waals surface area contributed by atoms with Crippen molar-refractivity contribution >= 4 is 0 Å². The summed E-state index contributed by atoms with van der Waals surface area (Å²) < 4.78 is 1.84. The van der Waals surface area contributed by atoms with Crippen molar-refractivity contribution in [3.8, 4) is 5.69 Å². The zero-order valence-corrected chi connectivity index (χ0v) is 10.3. The third-order valence-electron chi connectivity index (χ3n) is 3.53. The molecule has 1 aliphatic carbocycles. The number of aryl methyl sites for hydroxylation is 1. The van der Waals surface area contributed by atoms with E-state index in [0.717, 1.165) is 17.8 Å². The van der Waals surface area contributed by atoms with Gasteiger partial charge in [0.15, 0.2) is 0 Å². The Bertz CT molecular complexity index is 548. The molecule has 0 saturated carbocycles. The smallest absolute Gasteiger partial charge is 0.0854 e. The van der Waals surface area contributed by atoms with Crippen LogP contribution in [0.2, 0.25) is 0 Å². The minimum atomic E-state index is 0.117. The minimum absolute atomic E-state index is 0.117. The fraction of sp³-hybridized carbons (Fsp3) is 0.429. The molecule has 1 aliphatic rings. The molecule has 4 heteroatoms. The van der Waals surface area contributed by atoms with E-state index in [0.29, 0.717) is 6.42 Å². The summed E-state index contributed by atoms with van der Waals surface area (Å²) in [6.45, 7) is 0.117. The van der Waals surface area contributed by atoms with Crippen LogP contribution in [0.4, 0.5) is 0 Å². The van der Waals surface area contributed by atoms with Gasteiger partial charge in [0.2, 0.25) is 0 Å². The Morgan fingerprint density at radius 1 is 1.22 bits per heavy atom. The predicted octanol–water partition coefficient (Wildman–Crippen LogP) is 1.68. The first-order valence-electron chi connectivity index (χ1n) is 6.51. The Kier molecular flexibility index (Phi) is 3.11. The molecule has 3 rings (SSSR count). The number of aliphatic hydroxyl groups is 1. The van der Waals surface area contributed by atoms with Crippen molar-refractivity contribution in [3.05, 3.63) is 41.2 Å². The molecule has 0 fully saturated rings. The minimum Gasteiger partial charge on any atom is -0.396 e. The Morgan fingerprint density at radius 3 is 3.00 bits per heavy atom. The monoisotopic (exact) mass is 243 g/mol. The number of fused-ring (bicyclic) bond motifs is 1. The normalized spacial score (nSPS) is 14.5. The first-order valence-corrected chi connectivity index (χ1v) is 6.51. The van der Waals surface area contributed by atoms with Gasteiger partial charge in [0.25, 0.3) is 0 Å². The van der Waals surface area contributed by atoms with Crippen molar-refractivity contribution in [2.24, 2.45) is 0 Å². The maximum absolute atomic E-state index is 8.91.